The van der Waals surface area contributed by atoms with Gasteiger partial charge >= 0.3 is 0 Å². The second-order valence-corrected chi connectivity index (χ2v) is 9.07. The Kier molecular flexibility index (Phi) is 5.93. The van der Waals surface area contributed by atoms with E-state index in [4.69, 9.17) is 0 Å². The Morgan fingerprint density at radius 3 is 2.12 bits per heavy atom. The van der Waals surface area contributed by atoms with Gasteiger partial charge in [0.1, 0.15) is 5.70 Å². The van der Waals surface area contributed by atoms with Crippen LogP contribution in [0.5, 0.6) is 0 Å². The van der Waals surface area contributed by atoms with Crippen LogP contribution in [0.4, 0.5) is 17.1 Å². The predicted molar refractivity (Wildman–Crippen MR) is 138 cm³/mol. The summed E-state index contributed by atoms with van der Waals surface area (Å²) < 4.78 is 0. The van der Waals surface area contributed by atoms with E-state index < -0.39 is 0 Å². The molecule has 34 heavy (non-hydrogen) atoms. The first-order chi connectivity index (χ1) is 16.5. The van der Waals surface area contributed by atoms with Gasteiger partial charge in [0, 0.05) is 24.5 Å². The number of carbonyl (C=O) groups is 2. The summed E-state index contributed by atoms with van der Waals surface area (Å²) in [7, 11) is 0. The third-order valence-electron chi connectivity index (χ3n) is 6.63. The van der Waals surface area contributed by atoms with E-state index in [1.165, 1.54) is 24.2 Å². The van der Waals surface area contributed by atoms with E-state index in [2.05, 4.69) is 10.2 Å². The second-order valence-electron chi connectivity index (χ2n) is 9.07. The number of rotatable bonds is 5. The summed E-state index contributed by atoms with van der Waals surface area (Å²) in [6, 6.07) is 23.2. The number of piperidine rings is 1. The van der Waals surface area contributed by atoms with Gasteiger partial charge in [-0.25, -0.2) is 4.90 Å². The van der Waals surface area contributed by atoms with Crippen molar-refractivity contribution in [3.63, 3.8) is 0 Å². The van der Waals surface area contributed by atoms with Gasteiger partial charge in [0.2, 0.25) is 0 Å². The summed E-state index contributed by atoms with van der Waals surface area (Å²) in [4.78, 5) is 31.0. The molecule has 3 aromatic rings. The molecule has 172 valence electrons. The molecule has 0 aromatic heterocycles. The minimum Gasteiger partial charge on any atom is -0.372 e. The van der Waals surface area contributed by atoms with Crippen molar-refractivity contribution in [3.05, 3.63) is 95.2 Å². The molecule has 5 nitrogen and oxygen atoms in total. The summed E-state index contributed by atoms with van der Waals surface area (Å²) in [5.41, 5.74) is 6.06. The summed E-state index contributed by atoms with van der Waals surface area (Å²) in [5, 5.41) is 3.30. The van der Waals surface area contributed by atoms with Crippen molar-refractivity contribution in [1.29, 1.82) is 0 Å². The van der Waals surface area contributed by atoms with E-state index in [1.807, 2.05) is 86.6 Å². The Hall–Kier alpha value is -3.86. The fourth-order valence-corrected chi connectivity index (χ4v) is 4.72. The first kappa shape index (κ1) is 22.0. The van der Waals surface area contributed by atoms with E-state index in [9.17, 15) is 9.59 Å². The molecule has 5 heteroatoms. The number of aryl methyl sites for hydroxylation is 2. The maximum atomic E-state index is 13.7. The van der Waals surface area contributed by atoms with Crippen LogP contribution in [0.2, 0.25) is 0 Å². The Balaban J connectivity index is 1.51. The molecule has 5 rings (SSSR count). The van der Waals surface area contributed by atoms with Gasteiger partial charge in [-0.05, 0) is 80.1 Å². The first-order valence-electron chi connectivity index (χ1n) is 11.9. The lowest BCUT2D eigenvalue weighted by Crippen LogP contribution is -2.32. The zero-order valence-corrected chi connectivity index (χ0v) is 19.7. The quantitative estimate of drug-likeness (QED) is 0.506. The van der Waals surface area contributed by atoms with Gasteiger partial charge in [0.05, 0.1) is 11.3 Å². The van der Waals surface area contributed by atoms with Gasteiger partial charge in [0.25, 0.3) is 11.8 Å². The fourth-order valence-electron chi connectivity index (χ4n) is 4.72. The minimum atomic E-state index is -0.338. The summed E-state index contributed by atoms with van der Waals surface area (Å²) in [5.74, 6) is -0.648. The zero-order chi connectivity index (χ0) is 23.7. The van der Waals surface area contributed by atoms with Crippen LogP contribution in [-0.4, -0.2) is 24.9 Å². The third kappa shape index (κ3) is 4.10. The van der Waals surface area contributed by atoms with Crippen LogP contribution in [0.3, 0.4) is 0 Å². The van der Waals surface area contributed by atoms with Crippen LogP contribution in [-0.2, 0) is 9.59 Å². The molecule has 1 fully saturated rings. The van der Waals surface area contributed by atoms with Gasteiger partial charge in [-0.3, -0.25) is 9.59 Å². The Morgan fingerprint density at radius 1 is 0.735 bits per heavy atom. The van der Waals surface area contributed by atoms with Crippen LogP contribution < -0.4 is 15.1 Å². The lowest BCUT2D eigenvalue weighted by Gasteiger charge is -2.29. The molecule has 0 spiro atoms. The minimum absolute atomic E-state index is 0.310. The smallest absolute Gasteiger partial charge is 0.282 e. The normalized spacial score (nSPS) is 16.4. The second kappa shape index (κ2) is 9.18. The molecule has 3 aromatic carbocycles. The van der Waals surface area contributed by atoms with Gasteiger partial charge in [-0.2, -0.15) is 0 Å². The number of nitrogens with zero attached hydrogens (tertiary/aromatic N) is 2. The molecule has 2 aliphatic heterocycles. The molecule has 0 unspecified atom stereocenters. The van der Waals surface area contributed by atoms with Crippen molar-refractivity contribution in [2.45, 2.75) is 33.1 Å². The third-order valence-corrected chi connectivity index (χ3v) is 6.63. The maximum absolute atomic E-state index is 13.7. The van der Waals surface area contributed by atoms with Crippen molar-refractivity contribution < 1.29 is 9.59 Å². The molecular weight excluding hydrogens is 422 g/mol. The highest BCUT2D eigenvalue weighted by Gasteiger charge is 2.40. The van der Waals surface area contributed by atoms with Crippen molar-refractivity contribution >= 4 is 34.4 Å². The molecule has 0 radical (unpaired) electrons. The summed E-state index contributed by atoms with van der Waals surface area (Å²) in [6.45, 7) is 6.09. The average molecular weight is 452 g/mol. The number of hydrogen-bond acceptors (Lipinski definition) is 4. The highest BCUT2D eigenvalue weighted by molar-refractivity contribution is 6.46. The molecule has 1 saturated heterocycles. The Labute approximate surface area is 200 Å². The topological polar surface area (TPSA) is 52.7 Å². The van der Waals surface area contributed by atoms with Crippen LogP contribution in [0, 0.1) is 13.8 Å². The average Bonchev–Trinajstić information content (AvgIpc) is 3.11. The van der Waals surface area contributed by atoms with Crippen LogP contribution >= 0.6 is 0 Å². The van der Waals surface area contributed by atoms with Crippen molar-refractivity contribution in [3.8, 4) is 0 Å². The molecule has 0 saturated carbocycles. The number of nitrogens with one attached hydrogen (secondary N) is 1. The fraction of sp³-hybridized carbons (Fsp3) is 0.241. The lowest BCUT2D eigenvalue weighted by atomic mass is 10.0. The van der Waals surface area contributed by atoms with Gasteiger partial charge in [-0.1, -0.05) is 42.5 Å². The molecular formula is C29H29N3O2. The molecule has 2 aliphatic rings. The van der Waals surface area contributed by atoms with Gasteiger partial charge in [0.15, 0.2) is 0 Å². The Bertz CT molecular complexity index is 1260. The number of anilines is 3. The molecule has 0 bridgehead atoms. The molecule has 1 N–H and O–H groups in total. The maximum Gasteiger partial charge on any atom is 0.282 e. The standard InChI is InChI=1S/C29H29N3O2/c1-20-11-12-21(2)25(19-20)30-27-26(22-9-5-3-6-10-22)28(33)32(29(27)34)24-15-13-23(14-16-24)31-17-7-4-8-18-31/h3,5-6,9-16,19,30H,4,7-8,17-18H2,1-2H3. The summed E-state index contributed by atoms with van der Waals surface area (Å²) >= 11 is 0. The molecule has 2 heterocycles. The lowest BCUT2D eigenvalue weighted by molar-refractivity contribution is -0.120. The Morgan fingerprint density at radius 2 is 1.41 bits per heavy atom. The monoisotopic (exact) mass is 451 g/mol. The SMILES string of the molecule is Cc1ccc(C)c(NC2=C(c3ccccc3)C(=O)N(c3ccc(N4CCCCC4)cc3)C2=O)c1. The van der Waals surface area contributed by atoms with E-state index in [0.29, 0.717) is 17.0 Å². The number of benzene rings is 3. The van der Waals surface area contributed by atoms with Crippen LogP contribution in [0.25, 0.3) is 5.57 Å². The van der Waals surface area contributed by atoms with Gasteiger partial charge < -0.3 is 10.2 Å². The van der Waals surface area contributed by atoms with Crippen LogP contribution in [0.1, 0.15) is 36.0 Å². The van der Waals surface area contributed by atoms with E-state index in [0.717, 1.165) is 41.2 Å². The van der Waals surface area contributed by atoms with E-state index in [1.54, 1.807) is 0 Å². The first-order valence-corrected chi connectivity index (χ1v) is 11.9. The van der Waals surface area contributed by atoms with Crippen molar-refractivity contribution in [2.24, 2.45) is 0 Å². The van der Waals surface area contributed by atoms with Crippen LogP contribution in [0.15, 0.2) is 78.5 Å². The van der Waals surface area contributed by atoms with Crippen molar-refractivity contribution in [2.75, 3.05) is 28.2 Å². The molecule has 0 atom stereocenters. The van der Waals surface area contributed by atoms with Gasteiger partial charge in [-0.15, -0.1) is 0 Å². The predicted octanol–water partition coefficient (Wildman–Crippen LogP) is 5.69. The number of amides is 2. The van der Waals surface area contributed by atoms with Crippen molar-refractivity contribution in [1.82, 2.24) is 0 Å². The number of imide groups is 1. The summed E-state index contributed by atoms with van der Waals surface area (Å²) in [6.07, 6.45) is 3.67. The largest absolute Gasteiger partial charge is 0.372 e. The zero-order valence-electron chi connectivity index (χ0n) is 19.7. The molecule has 0 aliphatic carbocycles. The number of hydrogen-bond donors (Lipinski definition) is 1. The number of carbonyl (C=O) groups excluding carboxylic acids is 2. The van der Waals surface area contributed by atoms with E-state index in [-0.39, 0.29) is 11.8 Å². The highest BCUT2D eigenvalue weighted by Crippen LogP contribution is 2.35. The molecule has 2 amide bonds. The van der Waals surface area contributed by atoms with E-state index >= 15 is 0 Å². The highest BCUT2D eigenvalue weighted by atomic mass is 16.2.